The number of halogens is 2. The molecule has 1 atom stereocenters. The van der Waals surface area contributed by atoms with Crippen molar-refractivity contribution >= 4 is 43.4 Å². The van der Waals surface area contributed by atoms with Crippen molar-refractivity contribution in [3.8, 4) is 0 Å². The Labute approximate surface area is 127 Å². The van der Waals surface area contributed by atoms with Gasteiger partial charge in [-0.15, -0.1) is 0 Å². The van der Waals surface area contributed by atoms with Crippen molar-refractivity contribution in [3.05, 3.63) is 33.8 Å². The Morgan fingerprint density at radius 3 is 2.15 bits per heavy atom. The highest BCUT2D eigenvalue weighted by molar-refractivity contribution is 7.86. The molecule has 0 N–H and O–H groups in total. The van der Waals surface area contributed by atoms with E-state index in [2.05, 4.69) is 4.18 Å². The Hall–Kier alpha value is -0.380. The summed E-state index contributed by atoms with van der Waals surface area (Å²) in [4.78, 5) is 0. The summed E-state index contributed by atoms with van der Waals surface area (Å²) in [6.07, 6.45) is 0.489. The van der Waals surface area contributed by atoms with Crippen LogP contribution in [0.3, 0.4) is 0 Å². The van der Waals surface area contributed by atoms with Crippen LogP contribution in [-0.4, -0.2) is 36.0 Å². The van der Waals surface area contributed by atoms with Crippen molar-refractivity contribution in [2.45, 2.75) is 6.10 Å². The van der Waals surface area contributed by atoms with E-state index in [4.69, 9.17) is 27.4 Å². The van der Waals surface area contributed by atoms with E-state index in [1.54, 1.807) is 0 Å². The van der Waals surface area contributed by atoms with Crippen molar-refractivity contribution in [2.75, 3.05) is 19.1 Å². The van der Waals surface area contributed by atoms with Gasteiger partial charge in [-0.05, 0) is 12.1 Å². The molecule has 0 saturated heterocycles. The molecule has 0 saturated carbocycles. The van der Waals surface area contributed by atoms with Gasteiger partial charge in [0, 0.05) is 15.6 Å². The molecule has 0 radical (unpaired) electrons. The number of hydrogen-bond donors (Lipinski definition) is 0. The van der Waals surface area contributed by atoms with Crippen LogP contribution in [0.1, 0.15) is 11.7 Å². The summed E-state index contributed by atoms with van der Waals surface area (Å²) in [5, 5.41) is 0.490. The van der Waals surface area contributed by atoms with Crippen LogP contribution in [0.25, 0.3) is 0 Å². The Morgan fingerprint density at radius 1 is 1.10 bits per heavy atom. The summed E-state index contributed by atoms with van der Waals surface area (Å²) in [6.45, 7) is -0.521. The second-order valence-corrected chi connectivity index (χ2v) is 8.03. The topological polar surface area (TPSA) is 86.7 Å². The zero-order valence-electron chi connectivity index (χ0n) is 10.5. The summed E-state index contributed by atoms with van der Waals surface area (Å²) in [5.74, 6) is 0. The average Bonchev–Trinajstić information content (AvgIpc) is 2.22. The van der Waals surface area contributed by atoms with E-state index < -0.39 is 32.9 Å². The highest BCUT2D eigenvalue weighted by atomic mass is 35.5. The smallest absolute Gasteiger partial charge is 0.265 e. The maximum atomic E-state index is 11.2. The van der Waals surface area contributed by atoms with Gasteiger partial charge in [0.2, 0.25) is 0 Å². The summed E-state index contributed by atoms with van der Waals surface area (Å²) >= 11 is 11.7. The maximum Gasteiger partial charge on any atom is 0.265 e. The predicted molar refractivity (Wildman–Crippen MR) is 75.9 cm³/mol. The van der Waals surface area contributed by atoms with Crippen LogP contribution in [-0.2, 0) is 28.6 Å². The number of benzene rings is 1. The first-order valence-corrected chi connectivity index (χ1v) is 9.54. The van der Waals surface area contributed by atoms with Gasteiger partial charge in [-0.1, -0.05) is 29.3 Å². The Bertz CT molecular complexity index is 684. The van der Waals surface area contributed by atoms with E-state index in [1.807, 2.05) is 0 Å². The standard InChI is InChI=1S/C10H12Cl2O6S2/c1-19(13,14)17-6-10(18-20(2,15)16)8-4-3-7(11)5-9(8)12/h3-5,10H,6H2,1-2H3/t10-/m1/s1. The summed E-state index contributed by atoms with van der Waals surface area (Å²) in [5.41, 5.74) is 0.255. The monoisotopic (exact) mass is 362 g/mol. The van der Waals surface area contributed by atoms with Crippen LogP contribution in [0, 0.1) is 0 Å². The third-order valence-corrected chi connectivity index (χ3v) is 3.74. The maximum absolute atomic E-state index is 11.2. The molecule has 0 amide bonds. The zero-order chi connectivity index (χ0) is 15.6. The molecule has 1 aromatic rings. The van der Waals surface area contributed by atoms with Crippen molar-refractivity contribution in [2.24, 2.45) is 0 Å². The molecule has 0 aliphatic rings. The highest BCUT2D eigenvalue weighted by Crippen LogP contribution is 2.29. The molecule has 20 heavy (non-hydrogen) atoms. The molecule has 0 aromatic heterocycles. The molecule has 0 heterocycles. The van der Waals surface area contributed by atoms with Crippen molar-refractivity contribution < 1.29 is 25.2 Å². The van der Waals surface area contributed by atoms with Gasteiger partial charge in [-0.2, -0.15) is 16.8 Å². The van der Waals surface area contributed by atoms with Gasteiger partial charge in [0.1, 0.15) is 6.10 Å². The quantitative estimate of drug-likeness (QED) is 0.719. The lowest BCUT2D eigenvalue weighted by molar-refractivity contribution is 0.141. The van der Waals surface area contributed by atoms with E-state index >= 15 is 0 Å². The Kier molecular flexibility index (Phi) is 5.82. The van der Waals surface area contributed by atoms with E-state index in [0.29, 0.717) is 5.02 Å². The molecule has 10 heteroatoms. The zero-order valence-corrected chi connectivity index (χ0v) is 13.7. The molecule has 1 aromatic carbocycles. The molecule has 114 valence electrons. The summed E-state index contributed by atoms with van der Waals surface area (Å²) in [6, 6.07) is 4.30. The average molecular weight is 363 g/mol. The van der Waals surface area contributed by atoms with Crippen LogP contribution in [0.2, 0.25) is 10.0 Å². The molecule has 0 fully saturated rings. The molecule has 1 rings (SSSR count). The minimum atomic E-state index is -3.83. The van der Waals surface area contributed by atoms with Gasteiger partial charge in [0.05, 0.1) is 19.1 Å². The Morgan fingerprint density at radius 2 is 1.70 bits per heavy atom. The van der Waals surface area contributed by atoms with Crippen LogP contribution >= 0.6 is 23.2 Å². The van der Waals surface area contributed by atoms with Crippen molar-refractivity contribution in [1.29, 1.82) is 0 Å². The van der Waals surface area contributed by atoms with Gasteiger partial charge in [-0.3, -0.25) is 8.37 Å². The first-order chi connectivity index (χ1) is 8.98. The lowest BCUT2D eigenvalue weighted by Gasteiger charge is -2.17. The lowest BCUT2D eigenvalue weighted by Crippen LogP contribution is -2.18. The third-order valence-electron chi connectivity index (χ3n) is 2.03. The SMILES string of the molecule is CS(=O)(=O)OC[C@@H](OS(C)(=O)=O)c1ccc(Cl)cc1Cl. The lowest BCUT2D eigenvalue weighted by atomic mass is 10.1. The summed E-state index contributed by atoms with van der Waals surface area (Å²) in [7, 11) is -7.58. The van der Waals surface area contributed by atoms with Gasteiger partial charge in [-0.25, -0.2) is 0 Å². The molecule has 0 aliphatic carbocycles. The van der Waals surface area contributed by atoms with E-state index in [-0.39, 0.29) is 10.6 Å². The van der Waals surface area contributed by atoms with Crippen molar-refractivity contribution in [3.63, 3.8) is 0 Å². The molecular formula is C10H12Cl2O6S2. The molecule has 6 nitrogen and oxygen atoms in total. The highest BCUT2D eigenvalue weighted by Gasteiger charge is 2.22. The van der Waals surface area contributed by atoms with Crippen LogP contribution in [0.4, 0.5) is 0 Å². The van der Waals surface area contributed by atoms with E-state index in [9.17, 15) is 16.8 Å². The largest absolute Gasteiger partial charge is 0.267 e. The second kappa shape index (κ2) is 6.59. The van der Waals surface area contributed by atoms with Crippen LogP contribution in [0.15, 0.2) is 18.2 Å². The normalized spacial score (nSPS) is 14.2. The minimum Gasteiger partial charge on any atom is -0.267 e. The minimum absolute atomic E-state index is 0.142. The van der Waals surface area contributed by atoms with Gasteiger partial charge < -0.3 is 0 Å². The first-order valence-electron chi connectivity index (χ1n) is 5.15. The van der Waals surface area contributed by atoms with Crippen LogP contribution < -0.4 is 0 Å². The Balaban J connectivity index is 3.09. The fraction of sp³-hybridized carbons (Fsp3) is 0.400. The number of hydrogen-bond acceptors (Lipinski definition) is 6. The summed E-state index contributed by atoms with van der Waals surface area (Å²) < 4.78 is 53.8. The van der Waals surface area contributed by atoms with E-state index in [0.717, 1.165) is 12.5 Å². The second-order valence-electron chi connectivity index (χ2n) is 3.94. The van der Waals surface area contributed by atoms with Crippen molar-refractivity contribution in [1.82, 2.24) is 0 Å². The van der Waals surface area contributed by atoms with Crippen LogP contribution in [0.5, 0.6) is 0 Å². The molecule has 0 unspecified atom stereocenters. The fourth-order valence-electron chi connectivity index (χ4n) is 1.33. The fourth-order valence-corrected chi connectivity index (χ4v) is 2.81. The molecule has 0 spiro atoms. The molecule has 0 aliphatic heterocycles. The van der Waals surface area contributed by atoms with E-state index in [1.165, 1.54) is 18.2 Å². The first kappa shape index (κ1) is 17.7. The molecular weight excluding hydrogens is 351 g/mol. The number of rotatable bonds is 6. The van der Waals surface area contributed by atoms with Gasteiger partial charge in [0.25, 0.3) is 20.2 Å². The van der Waals surface area contributed by atoms with Gasteiger partial charge >= 0.3 is 0 Å². The predicted octanol–water partition coefficient (Wildman–Crippen LogP) is 1.99. The third kappa shape index (κ3) is 6.38. The van der Waals surface area contributed by atoms with Gasteiger partial charge in [0.15, 0.2) is 0 Å². The molecule has 0 bridgehead atoms.